The highest BCUT2D eigenvalue weighted by molar-refractivity contribution is 7.92. The lowest BCUT2D eigenvalue weighted by Gasteiger charge is -2.20. The smallest absolute Gasteiger partial charge is 0.321 e. The van der Waals surface area contributed by atoms with Crippen molar-refractivity contribution in [1.29, 1.82) is 0 Å². The minimum absolute atomic E-state index is 0.341. The number of carboxylic acids is 1. The molecule has 0 bridgehead atoms. The first-order valence-corrected chi connectivity index (χ1v) is 7.09. The van der Waals surface area contributed by atoms with Crippen molar-refractivity contribution in [1.82, 2.24) is 0 Å². The van der Waals surface area contributed by atoms with Crippen LogP contribution in [0, 0.1) is 0 Å². The number of anilines is 1. The van der Waals surface area contributed by atoms with Crippen molar-refractivity contribution in [3.8, 4) is 0 Å². The summed E-state index contributed by atoms with van der Waals surface area (Å²) < 4.78 is 25.4. The van der Waals surface area contributed by atoms with E-state index in [0.29, 0.717) is 18.7 Å². The van der Waals surface area contributed by atoms with Gasteiger partial charge in [-0.2, -0.15) is 0 Å². The van der Waals surface area contributed by atoms with Crippen LogP contribution in [-0.4, -0.2) is 37.8 Å². The van der Waals surface area contributed by atoms with Crippen LogP contribution in [0.25, 0.3) is 0 Å². The van der Waals surface area contributed by atoms with Crippen molar-refractivity contribution in [3.05, 3.63) is 29.8 Å². The summed E-state index contributed by atoms with van der Waals surface area (Å²) in [5.41, 5.74) is 6.85. The molecule has 0 fully saturated rings. The standard InChI is InChI=1S/C11H14N2O4S/c12-9(11(14)15)7-18(16,17)13-6-5-8-3-1-2-4-10(8)13/h1-4,9H,5-7,12H2,(H,14,15). The Hall–Kier alpha value is -1.60. The number of aliphatic carboxylic acids is 1. The summed E-state index contributed by atoms with van der Waals surface area (Å²) in [6, 6.07) is 5.78. The van der Waals surface area contributed by atoms with E-state index in [1.807, 2.05) is 12.1 Å². The monoisotopic (exact) mass is 270 g/mol. The van der Waals surface area contributed by atoms with E-state index in [2.05, 4.69) is 0 Å². The lowest BCUT2D eigenvalue weighted by Crippen LogP contribution is -2.43. The van der Waals surface area contributed by atoms with Crippen LogP contribution in [0.3, 0.4) is 0 Å². The maximum atomic E-state index is 12.1. The van der Waals surface area contributed by atoms with Gasteiger partial charge in [0.15, 0.2) is 0 Å². The molecule has 0 saturated carbocycles. The fourth-order valence-electron chi connectivity index (χ4n) is 1.99. The highest BCUT2D eigenvalue weighted by Crippen LogP contribution is 2.30. The number of hydrogen-bond acceptors (Lipinski definition) is 4. The molecule has 0 radical (unpaired) electrons. The molecule has 1 aliphatic rings. The van der Waals surface area contributed by atoms with Crippen molar-refractivity contribution < 1.29 is 18.3 Å². The lowest BCUT2D eigenvalue weighted by molar-refractivity contribution is -0.137. The van der Waals surface area contributed by atoms with Crippen LogP contribution < -0.4 is 10.0 Å². The molecule has 0 aromatic heterocycles. The van der Waals surface area contributed by atoms with Gasteiger partial charge in [-0.3, -0.25) is 9.10 Å². The first-order valence-electron chi connectivity index (χ1n) is 5.48. The summed E-state index contributed by atoms with van der Waals surface area (Å²) >= 11 is 0. The molecule has 7 heteroatoms. The molecule has 1 aromatic rings. The van der Waals surface area contributed by atoms with Crippen molar-refractivity contribution in [3.63, 3.8) is 0 Å². The summed E-state index contributed by atoms with van der Waals surface area (Å²) in [5.74, 6) is -1.90. The van der Waals surface area contributed by atoms with Gasteiger partial charge in [0.25, 0.3) is 0 Å². The second kappa shape index (κ2) is 4.58. The largest absolute Gasteiger partial charge is 0.480 e. The Morgan fingerprint density at radius 1 is 1.44 bits per heavy atom. The lowest BCUT2D eigenvalue weighted by atomic mass is 10.2. The molecule has 1 unspecified atom stereocenters. The van der Waals surface area contributed by atoms with Gasteiger partial charge in [0, 0.05) is 6.54 Å². The van der Waals surface area contributed by atoms with Gasteiger partial charge in [0.05, 0.1) is 11.4 Å². The number of benzene rings is 1. The molecule has 98 valence electrons. The molecule has 2 rings (SSSR count). The average molecular weight is 270 g/mol. The highest BCUT2D eigenvalue weighted by atomic mass is 32.2. The Labute approximate surface area is 105 Å². The van der Waals surface area contributed by atoms with Gasteiger partial charge in [0.2, 0.25) is 10.0 Å². The SMILES string of the molecule is NC(CS(=O)(=O)N1CCc2ccccc21)C(=O)O. The van der Waals surface area contributed by atoms with Crippen LogP contribution in [0.4, 0.5) is 5.69 Å². The minimum Gasteiger partial charge on any atom is -0.480 e. The van der Waals surface area contributed by atoms with Crippen LogP contribution in [-0.2, 0) is 21.2 Å². The quantitative estimate of drug-likeness (QED) is 0.788. The summed E-state index contributed by atoms with van der Waals surface area (Å²) in [7, 11) is -3.69. The van der Waals surface area contributed by atoms with Gasteiger partial charge in [-0.25, -0.2) is 8.42 Å². The number of carbonyl (C=O) groups is 1. The van der Waals surface area contributed by atoms with E-state index in [0.717, 1.165) is 5.56 Å². The Bertz CT molecular complexity index is 570. The van der Waals surface area contributed by atoms with Gasteiger partial charge >= 0.3 is 5.97 Å². The molecule has 0 amide bonds. The van der Waals surface area contributed by atoms with Crippen LogP contribution in [0.2, 0.25) is 0 Å². The summed E-state index contributed by atoms with van der Waals surface area (Å²) in [4.78, 5) is 10.6. The summed E-state index contributed by atoms with van der Waals surface area (Å²) in [5, 5.41) is 8.68. The van der Waals surface area contributed by atoms with Crippen molar-refractivity contribution in [2.75, 3.05) is 16.6 Å². The topological polar surface area (TPSA) is 101 Å². The highest BCUT2D eigenvalue weighted by Gasteiger charge is 2.32. The van der Waals surface area contributed by atoms with Gasteiger partial charge in [-0.1, -0.05) is 18.2 Å². The summed E-state index contributed by atoms with van der Waals surface area (Å²) in [6.07, 6.45) is 0.637. The normalized spacial score (nSPS) is 16.4. The maximum absolute atomic E-state index is 12.1. The molecule has 6 nitrogen and oxygen atoms in total. The van der Waals surface area contributed by atoms with Gasteiger partial charge in [-0.05, 0) is 18.1 Å². The van der Waals surface area contributed by atoms with E-state index in [-0.39, 0.29) is 0 Å². The van der Waals surface area contributed by atoms with E-state index in [1.54, 1.807) is 12.1 Å². The van der Waals surface area contributed by atoms with E-state index in [9.17, 15) is 13.2 Å². The van der Waals surface area contributed by atoms with Crippen LogP contribution in [0.15, 0.2) is 24.3 Å². The molecular formula is C11H14N2O4S. The minimum atomic E-state index is -3.69. The van der Waals surface area contributed by atoms with E-state index >= 15 is 0 Å². The van der Waals surface area contributed by atoms with Gasteiger partial charge < -0.3 is 10.8 Å². The summed E-state index contributed by atoms with van der Waals surface area (Å²) in [6.45, 7) is 0.341. The first-order chi connectivity index (χ1) is 8.42. The zero-order valence-electron chi connectivity index (χ0n) is 9.61. The van der Waals surface area contributed by atoms with Crippen LogP contribution in [0.5, 0.6) is 0 Å². The van der Waals surface area contributed by atoms with Gasteiger partial charge in [0.1, 0.15) is 6.04 Å². The fraction of sp³-hybridized carbons (Fsp3) is 0.364. The third-order valence-electron chi connectivity index (χ3n) is 2.89. The van der Waals surface area contributed by atoms with Crippen LogP contribution in [0.1, 0.15) is 5.56 Å². The molecule has 1 atom stereocenters. The Balaban J connectivity index is 2.25. The first kappa shape index (κ1) is 12.8. The van der Waals surface area contributed by atoms with E-state index < -0.39 is 27.8 Å². The third kappa shape index (κ3) is 2.32. The molecule has 0 spiro atoms. The molecule has 1 aliphatic heterocycles. The Kier molecular flexibility index (Phi) is 3.27. The molecule has 1 heterocycles. The Morgan fingerprint density at radius 3 is 2.78 bits per heavy atom. The molecule has 18 heavy (non-hydrogen) atoms. The number of carboxylic acid groups (broad SMARTS) is 1. The second-order valence-corrected chi connectivity index (χ2v) is 6.11. The number of para-hydroxylation sites is 1. The zero-order chi connectivity index (χ0) is 13.3. The molecular weight excluding hydrogens is 256 g/mol. The average Bonchev–Trinajstić information content (AvgIpc) is 2.72. The second-order valence-electron chi connectivity index (χ2n) is 4.17. The predicted molar refractivity (Wildman–Crippen MR) is 66.9 cm³/mol. The van der Waals surface area contributed by atoms with E-state index in [1.165, 1.54) is 4.31 Å². The van der Waals surface area contributed by atoms with Gasteiger partial charge in [-0.15, -0.1) is 0 Å². The van der Waals surface area contributed by atoms with Crippen molar-refractivity contribution in [2.45, 2.75) is 12.5 Å². The molecule has 0 saturated heterocycles. The number of nitrogens with two attached hydrogens (primary N) is 1. The molecule has 1 aromatic carbocycles. The third-order valence-corrected chi connectivity index (χ3v) is 4.72. The molecule has 0 aliphatic carbocycles. The van der Waals surface area contributed by atoms with E-state index in [4.69, 9.17) is 10.8 Å². The number of nitrogens with zero attached hydrogens (tertiary/aromatic N) is 1. The number of sulfonamides is 1. The number of fused-ring (bicyclic) bond motifs is 1. The van der Waals surface area contributed by atoms with Crippen LogP contribution >= 0.6 is 0 Å². The maximum Gasteiger partial charge on any atom is 0.321 e. The molecule has 3 N–H and O–H groups in total. The number of hydrogen-bond donors (Lipinski definition) is 2. The van der Waals surface area contributed by atoms with Crippen molar-refractivity contribution in [2.24, 2.45) is 5.73 Å². The predicted octanol–water partition coefficient (Wildman–Crippen LogP) is -0.209. The Morgan fingerprint density at radius 2 is 2.11 bits per heavy atom. The number of rotatable bonds is 4. The van der Waals surface area contributed by atoms with Crippen molar-refractivity contribution >= 4 is 21.7 Å². The fourth-order valence-corrected chi connectivity index (χ4v) is 3.61. The zero-order valence-corrected chi connectivity index (χ0v) is 10.4.